The largest absolute Gasteiger partial charge is 0.478 e. The molecule has 12 heteroatoms. The highest BCUT2D eigenvalue weighted by atomic mass is 16.5. The van der Waals surface area contributed by atoms with Gasteiger partial charge in [-0.3, -0.25) is 9.36 Å². The summed E-state index contributed by atoms with van der Waals surface area (Å²) >= 11 is 0. The molecule has 0 saturated heterocycles. The fourth-order valence-corrected chi connectivity index (χ4v) is 3.14. The van der Waals surface area contributed by atoms with E-state index < -0.39 is 0 Å². The van der Waals surface area contributed by atoms with Gasteiger partial charge in [0.15, 0.2) is 17.0 Å². The molecule has 184 valence electrons. The molecule has 0 saturated carbocycles. The number of nitrogen functional groups attached to an aromatic ring is 1. The average Bonchev–Trinajstić information content (AvgIpc) is 3.18. The van der Waals surface area contributed by atoms with Crippen molar-refractivity contribution in [1.82, 2.24) is 24.5 Å². The van der Waals surface area contributed by atoms with E-state index in [0.29, 0.717) is 49.2 Å². The van der Waals surface area contributed by atoms with Crippen molar-refractivity contribution >= 4 is 23.0 Å². The van der Waals surface area contributed by atoms with Crippen LogP contribution in [0.4, 0.5) is 5.82 Å². The number of fused-ring (bicyclic) bond motifs is 1. The summed E-state index contributed by atoms with van der Waals surface area (Å²) in [6.45, 7) is 3.31. The van der Waals surface area contributed by atoms with Crippen LogP contribution >= 0.6 is 0 Å². The number of carbonyl (C=O) groups is 1. The Hall–Kier alpha value is -3.67. The number of hydrogen-bond acceptors (Lipinski definition) is 11. The van der Waals surface area contributed by atoms with Crippen molar-refractivity contribution in [3.8, 4) is 17.9 Å². The van der Waals surface area contributed by atoms with E-state index in [9.17, 15) is 4.79 Å². The first-order valence-electron chi connectivity index (χ1n) is 11.1. The van der Waals surface area contributed by atoms with E-state index in [0.717, 1.165) is 18.4 Å². The number of methoxy groups -OCH3 is 2. The fraction of sp³-hybridized carbons (Fsp3) is 0.500. The Morgan fingerprint density at radius 1 is 1.15 bits per heavy atom. The Bertz CT molecular complexity index is 1090. The highest BCUT2D eigenvalue weighted by molar-refractivity contribution is 5.83. The molecular weight excluding hydrogens is 442 g/mol. The molecule has 0 aliphatic carbocycles. The minimum absolute atomic E-state index is 0.145. The van der Waals surface area contributed by atoms with Crippen molar-refractivity contribution in [3.05, 3.63) is 23.9 Å². The lowest BCUT2D eigenvalue weighted by Crippen LogP contribution is -2.26. The van der Waals surface area contributed by atoms with Crippen molar-refractivity contribution in [2.24, 2.45) is 5.73 Å². The zero-order chi connectivity index (χ0) is 24.5. The van der Waals surface area contributed by atoms with Gasteiger partial charge in [-0.2, -0.15) is 15.0 Å². The van der Waals surface area contributed by atoms with Gasteiger partial charge < -0.3 is 30.4 Å². The molecule has 0 bridgehead atoms. The maximum absolute atomic E-state index is 11.3. The van der Waals surface area contributed by atoms with Crippen LogP contribution in [0.15, 0.2) is 18.3 Å². The van der Waals surface area contributed by atoms with E-state index in [1.807, 2.05) is 6.07 Å². The molecule has 12 nitrogen and oxygen atoms in total. The second-order valence-electron chi connectivity index (χ2n) is 7.63. The van der Waals surface area contributed by atoms with Gasteiger partial charge in [-0.15, -0.1) is 0 Å². The number of carbonyl (C=O) groups excluding carboxylic acids is 1. The number of aromatic nitrogens is 5. The van der Waals surface area contributed by atoms with Crippen LogP contribution in [0.2, 0.25) is 0 Å². The molecule has 0 aromatic carbocycles. The number of anilines is 1. The molecule has 0 radical (unpaired) electrons. The number of unbranched alkanes of at least 4 members (excludes halogenated alkanes) is 1. The van der Waals surface area contributed by atoms with Crippen LogP contribution in [-0.2, 0) is 16.1 Å². The first-order valence-corrected chi connectivity index (χ1v) is 11.1. The maximum Gasteiger partial charge on any atom is 0.320 e. The summed E-state index contributed by atoms with van der Waals surface area (Å²) in [6, 6.07) is 3.86. The molecular formula is C22H31N7O5. The predicted molar refractivity (Wildman–Crippen MR) is 125 cm³/mol. The molecule has 0 aliphatic heterocycles. The first-order chi connectivity index (χ1) is 16.4. The molecule has 1 atom stereocenters. The maximum atomic E-state index is 11.3. The van der Waals surface area contributed by atoms with E-state index in [-0.39, 0.29) is 30.3 Å². The predicted octanol–water partition coefficient (Wildman–Crippen LogP) is 1.70. The number of hydrogen-bond donors (Lipinski definition) is 2. The molecule has 3 aromatic heterocycles. The molecule has 4 N–H and O–H groups in total. The van der Waals surface area contributed by atoms with Gasteiger partial charge in [0, 0.05) is 18.3 Å². The second-order valence-corrected chi connectivity index (χ2v) is 7.63. The third-order valence-electron chi connectivity index (χ3n) is 5.01. The highest BCUT2D eigenvalue weighted by Gasteiger charge is 2.18. The van der Waals surface area contributed by atoms with Crippen LogP contribution in [0.1, 0.15) is 38.2 Å². The average molecular weight is 474 g/mol. The minimum atomic E-state index is -0.343. The van der Waals surface area contributed by atoms with E-state index in [1.165, 1.54) is 14.2 Å². The molecule has 3 rings (SSSR count). The van der Waals surface area contributed by atoms with Crippen LogP contribution in [0, 0.1) is 0 Å². The van der Waals surface area contributed by atoms with E-state index >= 15 is 0 Å². The van der Waals surface area contributed by atoms with Gasteiger partial charge >= 0.3 is 12.0 Å². The minimum Gasteiger partial charge on any atom is -0.478 e. The van der Waals surface area contributed by atoms with E-state index in [2.05, 4.69) is 31.6 Å². The highest BCUT2D eigenvalue weighted by Crippen LogP contribution is 2.26. The lowest BCUT2D eigenvalue weighted by molar-refractivity contribution is -0.141. The van der Waals surface area contributed by atoms with Crippen molar-refractivity contribution in [2.45, 2.75) is 45.2 Å². The molecule has 0 aliphatic rings. The number of nitrogens with two attached hydrogens (primary N) is 2. The number of esters is 1. The molecule has 34 heavy (non-hydrogen) atoms. The Labute approximate surface area is 197 Å². The fourth-order valence-electron chi connectivity index (χ4n) is 3.14. The number of imidazole rings is 1. The first kappa shape index (κ1) is 25.0. The molecule has 0 spiro atoms. The van der Waals surface area contributed by atoms with Gasteiger partial charge in [-0.25, -0.2) is 4.98 Å². The van der Waals surface area contributed by atoms with Crippen LogP contribution in [0.25, 0.3) is 11.2 Å². The molecule has 0 fully saturated rings. The Balaban J connectivity index is 1.69. The number of pyridine rings is 1. The zero-order valence-electron chi connectivity index (χ0n) is 19.7. The summed E-state index contributed by atoms with van der Waals surface area (Å²) in [5, 5.41) is 0. The quantitative estimate of drug-likeness (QED) is 0.274. The summed E-state index contributed by atoms with van der Waals surface area (Å²) in [6.07, 6.45) is 4.22. The number of rotatable bonds is 13. The summed E-state index contributed by atoms with van der Waals surface area (Å²) in [4.78, 5) is 28.7. The lowest BCUT2D eigenvalue weighted by Gasteiger charge is -2.11. The van der Waals surface area contributed by atoms with Crippen LogP contribution in [0.3, 0.4) is 0 Å². The van der Waals surface area contributed by atoms with Crippen molar-refractivity contribution in [3.63, 3.8) is 0 Å². The zero-order valence-corrected chi connectivity index (χ0v) is 19.7. The standard InChI is InChI=1S/C22H31N7O5/c1-4-5-9-34-21-27-19(24)18-20(28-21)29(22(26-18)32-3)13-14-6-7-16(25-12-14)33-10-8-15(23)11-17(30)31-2/h6-7,12,15H,4-5,8-11,13,23H2,1-3H3,(H2,24,27,28). The lowest BCUT2D eigenvalue weighted by atomic mass is 10.1. The van der Waals surface area contributed by atoms with Crippen molar-refractivity contribution in [1.29, 1.82) is 0 Å². The topological polar surface area (TPSA) is 163 Å². The Morgan fingerprint density at radius 3 is 2.65 bits per heavy atom. The van der Waals surface area contributed by atoms with E-state index in [4.69, 9.17) is 25.7 Å². The van der Waals surface area contributed by atoms with Crippen molar-refractivity contribution < 1.29 is 23.7 Å². The van der Waals surface area contributed by atoms with Gasteiger partial charge in [0.1, 0.15) is 0 Å². The molecule has 3 heterocycles. The Kier molecular flexibility index (Phi) is 8.79. The molecule has 3 aromatic rings. The smallest absolute Gasteiger partial charge is 0.320 e. The third-order valence-corrected chi connectivity index (χ3v) is 5.01. The SMILES string of the molecule is CCCCOc1nc(N)c2nc(OC)n(Cc3ccc(OCCC(N)CC(=O)OC)nc3)c2n1. The van der Waals surface area contributed by atoms with E-state index in [1.54, 1.807) is 16.8 Å². The second kappa shape index (κ2) is 12.0. The van der Waals surface area contributed by atoms with Crippen LogP contribution in [-0.4, -0.2) is 63.9 Å². The number of ether oxygens (including phenoxy) is 4. The molecule has 1 unspecified atom stereocenters. The summed E-state index contributed by atoms with van der Waals surface area (Å²) in [7, 11) is 2.86. The van der Waals surface area contributed by atoms with Crippen LogP contribution < -0.4 is 25.7 Å². The summed E-state index contributed by atoms with van der Waals surface area (Å²) < 4.78 is 23.1. The molecule has 0 amide bonds. The summed E-state index contributed by atoms with van der Waals surface area (Å²) in [5.74, 6) is 0.333. The van der Waals surface area contributed by atoms with Gasteiger partial charge in [0.05, 0.1) is 40.4 Å². The van der Waals surface area contributed by atoms with Gasteiger partial charge in [0.2, 0.25) is 5.88 Å². The van der Waals surface area contributed by atoms with Crippen LogP contribution in [0.5, 0.6) is 17.9 Å². The van der Waals surface area contributed by atoms with Gasteiger partial charge in [-0.05, 0) is 18.4 Å². The van der Waals surface area contributed by atoms with Crippen molar-refractivity contribution in [2.75, 3.05) is 33.2 Å². The third kappa shape index (κ3) is 6.44. The van der Waals surface area contributed by atoms with Gasteiger partial charge in [0.25, 0.3) is 6.01 Å². The summed E-state index contributed by atoms with van der Waals surface area (Å²) in [5.41, 5.74) is 13.8. The number of nitrogens with zero attached hydrogens (tertiary/aromatic N) is 5. The van der Waals surface area contributed by atoms with Gasteiger partial charge in [-0.1, -0.05) is 19.4 Å². The monoisotopic (exact) mass is 473 g/mol. The Morgan fingerprint density at radius 2 is 1.97 bits per heavy atom. The normalized spacial score (nSPS) is 11.9.